The molecule has 0 saturated carbocycles. The highest BCUT2D eigenvalue weighted by atomic mass is 35.5. The van der Waals surface area contributed by atoms with Crippen molar-refractivity contribution >= 4 is 50.5 Å². The number of imide groups is 1. The molecular weight excluding hydrogens is 313 g/mol. The molecule has 0 radical (unpaired) electrons. The minimum absolute atomic E-state index is 0.0849. The van der Waals surface area contributed by atoms with Gasteiger partial charge in [-0.2, -0.15) is 0 Å². The average molecular weight is 320 g/mol. The van der Waals surface area contributed by atoms with Crippen molar-refractivity contribution in [2.45, 2.75) is 9.06 Å². The van der Waals surface area contributed by atoms with Crippen molar-refractivity contribution in [1.29, 1.82) is 0 Å². The molecule has 0 spiro atoms. The second-order valence-electron chi connectivity index (χ2n) is 3.64. The van der Waals surface area contributed by atoms with Crippen molar-refractivity contribution in [2.75, 3.05) is 4.90 Å². The Balaban J connectivity index is 2.35. The van der Waals surface area contributed by atoms with E-state index in [0.29, 0.717) is 0 Å². The number of carbonyl (C=O) groups is 2. The van der Waals surface area contributed by atoms with Crippen LogP contribution in [0.1, 0.15) is 0 Å². The molecule has 2 amide bonds. The number of amides is 2. The monoisotopic (exact) mass is 319 g/mol. The van der Waals surface area contributed by atoms with E-state index in [9.17, 15) is 18.0 Å². The van der Waals surface area contributed by atoms with Crippen molar-refractivity contribution in [1.82, 2.24) is 0 Å². The first-order valence-corrected chi connectivity index (χ1v) is 7.44. The normalized spacial score (nSPS) is 15.6. The van der Waals surface area contributed by atoms with Gasteiger partial charge in [0.1, 0.15) is 0 Å². The van der Waals surface area contributed by atoms with Crippen LogP contribution >= 0.6 is 23.2 Å². The summed E-state index contributed by atoms with van der Waals surface area (Å²) >= 11 is 10.7. The maximum absolute atomic E-state index is 11.7. The highest BCUT2D eigenvalue weighted by molar-refractivity contribution is 7.94. The molecule has 0 N–H and O–H groups in total. The van der Waals surface area contributed by atoms with Gasteiger partial charge in [0.05, 0.1) is 10.6 Å². The number of hydrogen-bond acceptors (Lipinski definition) is 4. The van der Waals surface area contributed by atoms with E-state index in [1.54, 1.807) is 0 Å². The third-order valence-electron chi connectivity index (χ3n) is 2.47. The maximum atomic E-state index is 11.7. The number of alkyl halides is 2. The van der Waals surface area contributed by atoms with Crippen LogP contribution in [0.15, 0.2) is 41.3 Å². The van der Waals surface area contributed by atoms with Crippen LogP contribution in [0.5, 0.6) is 0 Å². The Morgan fingerprint density at radius 3 is 1.84 bits per heavy atom. The molecule has 0 aromatic heterocycles. The molecule has 0 fully saturated rings. The van der Waals surface area contributed by atoms with Gasteiger partial charge in [-0.3, -0.25) is 9.59 Å². The first-order valence-electron chi connectivity index (χ1n) is 5.02. The summed E-state index contributed by atoms with van der Waals surface area (Å²) in [5, 5.41) is 0. The van der Waals surface area contributed by atoms with E-state index in [-0.39, 0.29) is 10.6 Å². The number of hydrogen-bond donors (Lipinski definition) is 0. The molecule has 0 aliphatic carbocycles. The molecule has 8 heteroatoms. The number of sulfone groups is 1. The lowest BCUT2D eigenvalue weighted by atomic mass is 10.3. The number of carbonyl (C=O) groups excluding carboxylic acids is 2. The van der Waals surface area contributed by atoms with Crippen molar-refractivity contribution in [3.05, 3.63) is 36.4 Å². The van der Waals surface area contributed by atoms with Gasteiger partial charge in [0.2, 0.25) is 14.0 Å². The summed E-state index contributed by atoms with van der Waals surface area (Å²) in [6, 6.07) is 5.15. The van der Waals surface area contributed by atoms with E-state index in [0.717, 1.165) is 17.1 Å². The summed E-state index contributed by atoms with van der Waals surface area (Å²) in [5.74, 6) is -0.957. The number of anilines is 1. The molecule has 100 valence electrons. The molecule has 19 heavy (non-hydrogen) atoms. The topological polar surface area (TPSA) is 71.5 Å². The Hall–Kier alpha value is -1.37. The van der Waals surface area contributed by atoms with Crippen LogP contribution < -0.4 is 4.90 Å². The Kier molecular flexibility index (Phi) is 3.66. The molecule has 1 aromatic rings. The number of halogens is 2. The Bertz CT molecular complexity index is 646. The van der Waals surface area contributed by atoms with Crippen LogP contribution in [-0.4, -0.2) is 24.4 Å². The van der Waals surface area contributed by atoms with Gasteiger partial charge in [0.25, 0.3) is 11.8 Å². The zero-order valence-electron chi connectivity index (χ0n) is 9.29. The molecule has 5 nitrogen and oxygen atoms in total. The maximum Gasteiger partial charge on any atom is 0.258 e. The Morgan fingerprint density at radius 1 is 0.947 bits per heavy atom. The summed E-state index contributed by atoms with van der Waals surface area (Å²) in [7, 11) is -3.82. The summed E-state index contributed by atoms with van der Waals surface area (Å²) in [5.41, 5.74) is 0.277. The summed E-state index contributed by atoms with van der Waals surface area (Å²) in [6.45, 7) is 0. The lowest BCUT2D eigenvalue weighted by Crippen LogP contribution is -2.29. The van der Waals surface area contributed by atoms with E-state index >= 15 is 0 Å². The minimum Gasteiger partial charge on any atom is -0.269 e. The fourth-order valence-corrected chi connectivity index (χ4v) is 2.88. The van der Waals surface area contributed by atoms with E-state index in [2.05, 4.69) is 0 Å². The summed E-state index contributed by atoms with van der Waals surface area (Å²) in [6.07, 6.45) is 2.28. The molecule has 1 aliphatic heterocycles. The van der Waals surface area contributed by atoms with Gasteiger partial charge < -0.3 is 0 Å². The van der Waals surface area contributed by atoms with Gasteiger partial charge in [-0.05, 0) is 24.3 Å². The summed E-state index contributed by atoms with van der Waals surface area (Å²) in [4.78, 5) is 23.7. The lowest BCUT2D eigenvalue weighted by molar-refractivity contribution is -0.119. The molecular formula is C11H7Cl2NO4S. The summed E-state index contributed by atoms with van der Waals surface area (Å²) < 4.78 is 21.8. The number of benzene rings is 1. The van der Waals surface area contributed by atoms with Gasteiger partial charge in [0, 0.05) is 12.2 Å². The van der Waals surface area contributed by atoms with E-state index in [1.807, 2.05) is 0 Å². The molecule has 1 aliphatic rings. The van der Waals surface area contributed by atoms with Crippen LogP contribution in [-0.2, 0) is 19.4 Å². The van der Waals surface area contributed by atoms with Gasteiger partial charge in [0.15, 0.2) is 0 Å². The SMILES string of the molecule is O=C1C=CC(=O)N1c1ccc(S(=O)(=O)C(Cl)Cl)cc1. The average Bonchev–Trinajstić information content (AvgIpc) is 2.69. The van der Waals surface area contributed by atoms with Gasteiger partial charge in [-0.1, -0.05) is 23.2 Å². The third-order valence-corrected chi connectivity index (χ3v) is 5.27. The second kappa shape index (κ2) is 4.96. The Morgan fingerprint density at radius 2 is 1.42 bits per heavy atom. The smallest absolute Gasteiger partial charge is 0.258 e. The molecule has 2 rings (SSSR count). The van der Waals surface area contributed by atoms with Gasteiger partial charge in [-0.15, -0.1) is 0 Å². The van der Waals surface area contributed by atoms with Gasteiger partial charge >= 0.3 is 0 Å². The fraction of sp³-hybridized carbons (Fsp3) is 0.0909. The molecule has 1 heterocycles. The van der Waals surface area contributed by atoms with E-state index < -0.39 is 25.8 Å². The third kappa shape index (κ3) is 2.51. The quantitative estimate of drug-likeness (QED) is 0.627. The molecule has 1 aromatic carbocycles. The zero-order valence-corrected chi connectivity index (χ0v) is 11.6. The van der Waals surface area contributed by atoms with Crippen molar-refractivity contribution in [3.63, 3.8) is 0 Å². The van der Waals surface area contributed by atoms with Crippen LogP contribution in [0, 0.1) is 0 Å². The standard InChI is InChI=1S/C11H7Cl2NO4S/c12-11(13)19(17,18)8-3-1-7(2-4-8)14-9(15)5-6-10(14)16/h1-6,11H. The molecule has 0 saturated heterocycles. The van der Waals surface area contributed by atoms with Crippen molar-refractivity contribution in [2.24, 2.45) is 0 Å². The largest absolute Gasteiger partial charge is 0.269 e. The lowest BCUT2D eigenvalue weighted by Gasteiger charge is -2.14. The first kappa shape index (κ1) is 14.0. The first-order chi connectivity index (χ1) is 8.84. The predicted molar refractivity (Wildman–Crippen MR) is 70.8 cm³/mol. The molecule has 0 bridgehead atoms. The Labute approximate surface area is 119 Å². The number of rotatable bonds is 3. The molecule has 0 unspecified atom stereocenters. The second-order valence-corrected chi connectivity index (χ2v) is 7.29. The van der Waals surface area contributed by atoms with Crippen LogP contribution in [0.2, 0.25) is 0 Å². The van der Waals surface area contributed by atoms with Gasteiger partial charge in [-0.25, -0.2) is 13.3 Å². The van der Waals surface area contributed by atoms with E-state index in [1.165, 1.54) is 24.3 Å². The van der Waals surface area contributed by atoms with Crippen LogP contribution in [0.4, 0.5) is 5.69 Å². The predicted octanol–water partition coefficient (Wildman–Crippen LogP) is 1.65. The van der Waals surface area contributed by atoms with Crippen molar-refractivity contribution < 1.29 is 18.0 Å². The number of nitrogens with zero attached hydrogens (tertiary/aromatic N) is 1. The minimum atomic E-state index is -3.82. The molecule has 0 atom stereocenters. The van der Waals surface area contributed by atoms with Crippen LogP contribution in [0.25, 0.3) is 0 Å². The zero-order chi connectivity index (χ0) is 14.2. The fourth-order valence-electron chi connectivity index (χ4n) is 1.54. The highest BCUT2D eigenvalue weighted by Gasteiger charge is 2.27. The van der Waals surface area contributed by atoms with Crippen molar-refractivity contribution in [3.8, 4) is 0 Å². The highest BCUT2D eigenvalue weighted by Crippen LogP contribution is 2.25. The van der Waals surface area contributed by atoms with E-state index in [4.69, 9.17) is 23.2 Å². The van der Waals surface area contributed by atoms with Crippen LogP contribution in [0.3, 0.4) is 0 Å².